The maximum atomic E-state index is 13.0. The molecule has 1 saturated heterocycles. The highest BCUT2D eigenvalue weighted by molar-refractivity contribution is 6.30. The molecule has 0 aliphatic carbocycles. The zero-order chi connectivity index (χ0) is 19.4. The molecule has 1 heterocycles. The Morgan fingerprint density at radius 1 is 0.852 bits per heavy atom. The number of halogens is 1. The first kappa shape index (κ1) is 19.0. The van der Waals surface area contributed by atoms with E-state index in [4.69, 9.17) is 21.1 Å². The molecule has 6 nitrogen and oxygen atoms in total. The van der Waals surface area contributed by atoms with Gasteiger partial charge >= 0.3 is 0 Å². The number of hydrogen-bond acceptors (Lipinski definition) is 4. The van der Waals surface area contributed by atoms with Crippen LogP contribution in [-0.4, -0.2) is 62.0 Å². The van der Waals surface area contributed by atoms with Gasteiger partial charge < -0.3 is 19.3 Å². The van der Waals surface area contributed by atoms with Crippen LogP contribution in [0.15, 0.2) is 42.5 Å². The van der Waals surface area contributed by atoms with Crippen LogP contribution in [0, 0.1) is 0 Å². The number of ether oxygens (including phenoxy) is 2. The average Bonchev–Trinajstić information content (AvgIpc) is 2.72. The smallest absolute Gasteiger partial charge is 0.261 e. The van der Waals surface area contributed by atoms with E-state index in [1.165, 1.54) is 14.2 Å². The van der Waals surface area contributed by atoms with Crippen molar-refractivity contribution < 1.29 is 19.1 Å². The van der Waals surface area contributed by atoms with Crippen LogP contribution >= 0.6 is 11.6 Å². The SMILES string of the molecule is COc1cccc(OC)c1C(=O)N1CCN(C(=O)c2cccc(Cl)c2)CC1. The first-order valence-electron chi connectivity index (χ1n) is 8.60. The summed E-state index contributed by atoms with van der Waals surface area (Å²) in [7, 11) is 3.04. The van der Waals surface area contributed by atoms with Gasteiger partial charge in [0.25, 0.3) is 11.8 Å². The molecule has 1 aliphatic heterocycles. The minimum absolute atomic E-state index is 0.0838. The predicted molar refractivity (Wildman–Crippen MR) is 103 cm³/mol. The third kappa shape index (κ3) is 4.01. The Kier molecular flexibility index (Phi) is 5.86. The fourth-order valence-electron chi connectivity index (χ4n) is 3.14. The van der Waals surface area contributed by atoms with E-state index in [1.807, 2.05) is 0 Å². The normalized spacial score (nSPS) is 14.0. The van der Waals surface area contributed by atoms with Crippen molar-refractivity contribution in [2.24, 2.45) is 0 Å². The number of rotatable bonds is 4. The topological polar surface area (TPSA) is 59.1 Å². The Labute approximate surface area is 163 Å². The molecule has 0 saturated carbocycles. The van der Waals surface area contributed by atoms with Gasteiger partial charge in [-0.1, -0.05) is 23.7 Å². The van der Waals surface area contributed by atoms with Crippen molar-refractivity contribution in [1.82, 2.24) is 9.80 Å². The van der Waals surface area contributed by atoms with Crippen molar-refractivity contribution in [3.63, 3.8) is 0 Å². The lowest BCUT2D eigenvalue weighted by Crippen LogP contribution is -2.50. The third-order valence-corrected chi connectivity index (χ3v) is 4.80. The predicted octanol–water partition coefficient (Wildman–Crippen LogP) is 2.96. The molecular weight excluding hydrogens is 368 g/mol. The fraction of sp³-hybridized carbons (Fsp3) is 0.300. The second kappa shape index (κ2) is 8.31. The van der Waals surface area contributed by atoms with Crippen molar-refractivity contribution in [3.05, 3.63) is 58.6 Å². The van der Waals surface area contributed by atoms with Gasteiger partial charge in [0.05, 0.1) is 14.2 Å². The van der Waals surface area contributed by atoms with Crippen molar-refractivity contribution in [2.45, 2.75) is 0 Å². The van der Waals surface area contributed by atoms with Crippen LogP contribution < -0.4 is 9.47 Å². The summed E-state index contributed by atoms with van der Waals surface area (Å²) in [6, 6.07) is 12.1. The van der Waals surface area contributed by atoms with E-state index in [9.17, 15) is 9.59 Å². The molecule has 2 amide bonds. The fourth-order valence-corrected chi connectivity index (χ4v) is 3.33. The summed E-state index contributed by atoms with van der Waals surface area (Å²) in [5.74, 6) is 0.687. The van der Waals surface area contributed by atoms with Crippen LogP contribution in [0.4, 0.5) is 0 Å². The summed E-state index contributed by atoms with van der Waals surface area (Å²) in [5, 5.41) is 0.526. The maximum Gasteiger partial charge on any atom is 0.261 e. The van der Waals surface area contributed by atoms with Gasteiger partial charge in [0.1, 0.15) is 17.1 Å². The van der Waals surface area contributed by atoms with Gasteiger partial charge in [-0.25, -0.2) is 0 Å². The molecule has 142 valence electrons. The van der Waals surface area contributed by atoms with E-state index in [1.54, 1.807) is 52.3 Å². The molecule has 0 bridgehead atoms. The molecule has 0 aromatic heterocycles. The molecule has 1 aliphatic rings. The van der Waals surface area contributed by atoms with Crippen LogP contribution in [0.25, 0.3) is 0 Å². The molecular formula is C20H21ClN2O4. The first-order valence-corrected chi connectivity index (χ1v) is 8.98. The minimum atomic E-state index is -0.167. The molecule has 1 fully saturated rings. The number of benzene rings is 2. The molecule has 2 aromatic rings. The average molecular weight is 389 g/mol. The van der Waals surface area contributed by atoms with Crippen molar-refractivity contribution in [1.29, 1.82) is 0 Å². The van der Waals surface area contributed by atoms with E-state index < -0.39 is 0 Å². The first-order chi connectivity index (χ1) is 13.0. The van der Waals surface area contributed by atoms with E-state index in [-0.39, 0.29) is 11.8 Å². The molecule has 7 heteroatoms. The van der Waals surface area contributed by atoms with Gasteiger partial charge in [-0.05, 0) is 30.3 Å². The molecule has 0 radical (unpaired) electrons. The highest BCUT2D eigenvalue weighted by Crippen LogP contribution is 2.30. The Morgan fingerprint density at radius 2 is 1.37 bits per heavy atom. The van der Waals surface area contributed by atoms with Gasteiger partial charge in [-0.2, -0.15) is 0 Å². The van der Waals surface area contributed by atoms with E-state index in [0.717, 1.165) is 0 Å². The van der Waals surface area contributed by atoms with Crippen molar-refractivity contribution in [3.8, 4) is 11.5 Å². The van der Waals surface area contributed by atoms with Gasteiger partial charge in [0, 0.05) is 36.8 Å². The second-order valence-electron chi connectivity index (χ2n) is 6.13. The summed E-state index contributed by atoms with van der Waals surface area (Å²) in [6.45, 7) is 1.78. The minimum Gasteiger partial charge on any atom is -0.496 e. The summed E-state index contributed by atoms with van der Waals surface area (Å²) < 4.78 is 10.6. The Morgan fingerprint density at radius 3 is 1.89 bits per heavy atom. The Balaban J connectivity index is 1.71. The van der Waals surface area contributed by atoms with E-state index in [0.29, 0.717) is 53.8 Å². The summed E-state index contributed by atoms with van der Waals surface area (Å²) in [5.41, 5.74) is 0.950. The van der Waals surface area contributed by atoms with E-state index >= 15 is 0 Å². The molecule has 3 rings (SSSR count). The molecule has 0 unspecified atom stereocenters. The summed E-state index contributed by atoms with van der Waals surface area (Å²) in [4.78, 5) is 29.1. The lowest BCUT2D eigenvalue weighted by Gasteiger charge is -2.35. The second-order valence-corrected chi connectivity index (χ2v) is 6.57. The highest BCUT2D eigenvalue weighted by atomic mass is 35.5. The van der Waals surface area contributed by atoms with Crippen molar-refractivity contribution >= 4 is 23.4 Å². The number of amides is 2. The molecule has 2 aromatic carbocycles. The number of piperazine rings is 1. The van der Waals surface area contributed by atoms with Crippen molar-refractivity contribution in [2.75, 3.05) is 40.4 Å². The Bertz CT molecular complexity index is 825. The Hall–Kier alpha value is -2.73. The number of methoxy groups -OCH3 is 2. The number of nitrogens with zero attached hydrogens (tertiary/aromatic N) is 2. The highest BCUT2D eigenvalue weighted by Gasteiger charge is 2.29. The molecule has 0 N–H and O–H groups in total. The van der Waals surface area contributed by atoms with E-state index in [2.05, 4.69) is 0 Å². The van der Waals surface area contributed by atoms with Gasteiger partial charge in [0.15, 0.2) is 0 Å². The number of hydrogen-bond donors (Lipinski definition) is 0. The molecule has 0 atom stereocenters. The lowest BCUT2D eigenvalue weighted by molar-refractivity contribution is 0.0531. The maximum absolute atomic E-state index is 13.0. The summed E-state index contributed by atoms with van der Waals surface area (Å²) >= 11 is 5.97. The largest absolute Gasteiger partial charge is 0.496 e. The van der Waals surface area contributed by atoms with Crippen LogP contribution in [-0.2, 0) is 0 Å². The summed E-state index contributed by atoms with van der Waals surface area (Å²) in [6.07, 6.45) is 0. The van der Waals surface area contributed by atoms with Gasteiger partial charge in [-0.3, -0.25) is 9.59 Å². The van der Waals surface area contributed by atoms with Crippen LogP contribution in [0.3, 0.4) is 0 Å². The van der Waals surface area contributed by atoms with Crippen LogP contribution in [0.2, 0.25) is 5.02 Å². The monoisotopic (exact) mass is 388 g/mol. The standard InChI is InChI=1S/C20H21ClN2O4/c1-26-16-7-4-8-17(27-2)18(16)20(25)23-11-9-22(10-12-23)19(24)14-5-3-6-15(21)13-14/h3-8,13H,9-12H2,1-2H3. The van der Waals surface area contributed by atoms with Gasteiger partial charge in [-0.15, -0.1) is 0 Å². The van der Waals surface area contributed by atoms with Crippen LogP contribution in [0.5, 0.6) is 11.5 Å². The quantitative estimate of drug-likeness (QED) is 0.808. The zero-order valence-electron chi connectivity index (χ0n) is 15.3. The van der Waals surface area contributed by atoms with Gasteiger partial charge in [0.2, 0.25) is 0 Å². The van der Waals surface area contributed by atoms with Crippen LogP contribution in [0.1, 0.15) is 20.7 Å². The number of carbonyl (C=O) groups excluding carboxylic acids is 2. The number of carbonyl (C=O) groups is 2. The zero-order valence-corrected chi connectivity index (χ0v) is 16.0. The third-order valence-electron chi connectivity index (χ3n) is 4.57. The molecule has 0 spiro atoms. The molecule has 27 heavy (non-hydrogen) atoms. The lowest BCUT2D eigenvalue weighted by atomic mass is 10.1.